The highest BCUT2D eigenvalue weighted by atomic mass is 19.1. The van der Waals surface area contributed by atoms with Crippen LogP contribution >= 0.6 is 0 Å². The minimum absolute atomic E-state index is 0.117. The van der Waals surface area contributed by atoms with Crippen LogP contribution < -0.4 is 0 Å². The van der Waals surface area contributed by atoms with Gasteiger partial charge in [0.05, 0.1) is 6.54 Å². The SMILES string of the molecule is CCC(C)(C)C(=O)N1CCC(F)(C(=O)O)C1. The van der Waals surface area contributed by atoms with Crippen molar-refractivity contribution >= 4 is 11.9 Å². The van der Waals surface area contributed by atoms with Crippen molar-refractivity contribution in [2.24, 2.45) is 5.41 Å². The van der Waals surface area contributed by atoms with Crippen molar-refractivity contribution in [1.82, 2.24) is 4.90 Å². The highest BCUT2D eigenvalue weighted by Gasteiger charge is 2.48. The van der Waals surface area contributed by atoms with Crippen molar-refractivity contribution < 1.29 is 19.1 Å². The van der Waals surface area contributed by atoms with Gasteiger partial charge in [0.15, 0.2) is 0 Å². The van der Waals surface area contributed by atoms with E-state index >= 15 is 0 Å². The van der Waals surface area contributed by atoms with Gasteiger partial charge in [0.25, 0.3) is 0 Å². The number of carboxylic acid groups (broad SMARTS) is 1. The van der Waals surface area contributed by atoms with E-state index in [2.05, 4.69) is 0 Å². The van der Waals surface area contributed by atoms with Gasteiger partial charge >= 0.3 is 5.97 Å². The molecule has 1 aliphatic heterocycles. The Morgan fingerprint density at radius 3 is 2.44 bits per heavy atom. The van der Waals surface area contributed by atoms with Crippen molar-refractivity contribution in [2.45, 2.75) is 39.3 Å². The number of carbonyl (C=O) groups excluding carboxylic acids is 1. The molecular weight excluding hydrogens is 213 g/mol. The molecule has 0 aromatic carbocycles. The average Bonchev–Trinajstić information content (AvgIpc) is 2.61. The summed E-state index contributed by atoms with van der Waals surface area (Å²) in [5.41, 5.74) is -2.82. The molecule has 5 heteroatoms. The first kappa shape index (κ1) is 12.9. The maximum Gasteiger partial charge on any atom is 0.343 e. The van der Waals surface area contributed by atoms with Crippen LogP contribution in [0.25, 0.3) is 0 Å². The van der Waals surface area contributed by atoms with Crippen LogP contribution in [-0.4, -0.2) is 40.6 Å². The zero-order chi connectivity index (χ0) is 12.6. The van der Waals surface area contributed by atoms with Crippen LogP contribution in [-0.2, 0) is 9.59 Å². The molecule has 0 aromatic heterocycles. The Morgan fingerprint density at radius 1 is 1.50 bits per heavy atom. The van der Waals surface area contributed by atoms with Crippen LogP contribution in [0.2, 0.25) is 0 Å². The molecule has 1 rings (SSSR count). The number of halogens is 1. The van der Waals surface area contributed by atoms with Crippen LogP contribution in [0.1, 0.15) is 33.6 Å². The molecule has 1 unspecified atom stereocenters. The summed E-state index contributed by atoms with van der Waals surface area (Å²) in [6.07, 6.45) is 0.530. The number of alkyl halides is 1. The van der Waals surface area contributed by atoms with E-state index in [9.17, 15) is 14.0 Å². The molecule has 0 bridgehead atoms. The van der Waals surface area contributed by atoms with Crippen LogP contribution in [0.4, 0.5) is 4.39 Å². The molecule has 0 aromatic rings. The second kappa shape index (κ2) is 4.03. The molecule has 1 amide bonds. The van der Waals surface area contributed by atoms with E-state index < -0.39 is 17.1 Å². The average molecular weight is 231 g/mol. The number of hydrogen-bond donors (Lipinski definition) is 1. The van der Waals surface area contributed by atoms with Crippen molar-refractivity contribution in [3.63, 3.8) is 0 Å². The topological polar surface area (TPSA) is 57.6 Å². The molecule has 0 saturated carbocycles. The summed E-state index contributed by atoms with van der Waals surface area (Å²) in [6.45, 7) is 5.31. The summed E-state index contributed by atoms with van der Waals surface area (Å²) in [4.78, 5) is 24.0. The Bertz CT molecular complexity index is 316. The monoisotopic (exact) mass is 231 g/mol. The number of hydrogen-bond acceptors (Lipinski definition) is 2. The van der Waals surface area contributed by atoms with Gasteiger partial charge in [-0.2, -0.15) is 0 Å². The standard InChI is InChI=1S/C11H18FNO3/c1-4-10(2,3)8(14)13-6-5-11(12,7-13)9(15)16/h4-7H2,1-3H3,(H,15,16). The predicted molar refractivity (Wildman–Crippen MR) is 56.7 cm³/mol. The number of likely N-dealkylation sites (tertiary alicyclic amines) is 1. The highest BCUT2D eigenvalue weighted by molar-refractivity contribution is 5.85. The lowest BCUT2D eigenvalue weighted by atomic mass is 9.88. The lowest BCUT2D eigenvalue weighted by Crippen LogP contribution is -2.43. The minimum atomic E-state index is -2.26. The fourth-order valence-corrected chi connectivity index (χ4v) is 1.70. The zero-order valence-corrected chi connectivity index (χ0v) is 9.92. The van der Waals surface area contributed by atoms with Gasteiger partial charge in [0, 0.05) is 18.4 Å². The van der Waals surface area contributed by atoms with E-state index in [1.165, 1.54) is 4.90 Å². The second-order valence-electron chi connectivity index (χ2n) is 4.98. The molecule has 0 spiro atoms. The quantitative estimate of drug-likeness (QED) is 0.799. The number of nitrogens with zero attached hydrogens (tertiary/aromatic N) is 1. The molecule has 1 saturated heterocycles. The van der Waals surface area contributed by atoms with Crippen LogP contribution in [0, 0.1) is 5.41 Å². The van der Waals surface area contributed by atoms with Gasteiger partial charge < -0.3 is 10.0 Å². The molecule has 1 fully saturated rings. The van der Waals surface area contributed by atoms with Crippen LogP contribution in [0.15, 0.2) is 0 Å². The Kier molecular flexibility index (Phi) is 3.26. The number of carbonyl (C=O) groups is 2. The van der Waals surface area contributed by atoms with Gasteiger partial charge in [0.1, 0.15) is 0 Å². The number of rotatable bonds is 3. The molecular formula is C11H18FNO3. The van der Waals surface area contributed by atoms with E-state index in [1.54, 1.807) is 13.8 Å². The summed E-state index contributed by atoms with van der Waals surface area (Å²) in [5.74, 6) is -1.65. The molecule has 92 valence electrons. The fourth-order valence-electron chi connectivity index (χ4n) is 1.70. The highest BCUT2D eigenvalue weighted by Crippen LogP contribution is 2.31. The van der Waals surface area contributed by atoms with E-state index in [0.29, 0.717) is 6.42 Å². The van der Waals surface area contributed by atoms with Crippen molar-refractivity contribution in [3.05, 3.63) is 0 Å². The summed E-state index contributed by atoms with van der Waals surface area (Å²) >= 11 is 0. The van der Waals surface area contributed by atoms with Crippen molar-refractivity contribution in [3.8, 4) is 0 Å². The second-order valence-corrected chi connectivity index (χ2v) is 4.98. The predicted octanol–water partition coefficient (Wildman–Crippen LogP) is 1.45. The van der Waals surface area contributed by atoms with Crippen molar-refractivity contribution in [2.75, 3.05) is 13.1 Å². The van der Waals surface area contributed by atoms with Crippen LogP contribution in [0.5, 0.6) is 0 Å². The Balaban J connectivity index is 2.74. The largest absolute Gasteiger partial charge is 0.479 e. The smallest absolute Gasteiger partial charge is 0.343 e. The number of amides is 1. The third kappa shape index (κ3) is 2.18. The van der Waals surface area contributed by atoms with Gasteiger partial charge in [-0.05, 0) is 6.42 Å². The van der Waals surface area contributed by atoms with E-state index in [0.717, 1.165) is 0 Å². The van der Waals surface area contributed by atoms with Gasteiger partial charge in [-0.25, -0.2) is 9.18 Å². The maximum atomic E-state index is 13.7. The first-order valence-corrected chi connectivity index (χ1v) is 5.44. The van der Waals surface area contributed by atoms with E-state index in [4.69, 9.17) is 5.11 Å². The Morgan fingerprint density at radius 2 is 2.06 bits per heavy atom. The lowest BCUT2D eigenvalue weighted by Gasteiger charge is -2.28. The summed E-state index contributed by atoms with van der Waals surface area (Å²) in [5, 5.41) is 8.72. The maximum absolute atomic E-state index is 13.7. The van der Waals surface area contributed by atoms with Gasteiger partial charge in [-0.3, -0.25) is 4.79 Å². The molecule has 1 aliphatic rings. The van der Waals surface area contributed by atoms with E-state index in [1.807, 2.05) is 6.92 Å². The van der Waals surface area contributed by atoms with Crippen LogP contribution in [0.3, 0.4) is 0 Å². The van der Waals surface area contributed by atoms with Gasteiger partial charge in [0.2, 0.25) is 11.6 Å². The summed E-state index contributed by atoms with van der Waals surface area (Å²) in [6, 6.07) is 0. The lowest BCUT2D eigenvalue weighted by molar-refractivity contribution is -0.150. The first-order valence-electron chi connectivity index (χ1n) is 5.44. The van der Waals surface area contributed by atoms with E-state index in [-0.39, 0.29) is 25.4 Å². The molecule has 4 nitrogen and oxygen atoms in total. The molecule has 0 radical (unpaired) electrons. The summed E-state index contributed by atoms with van der Waals surface area (Å²) in [7, 11) is 0. The third-order valence-corrected chi connectivity index (χ3v) is 3.35. The number of carboxylic acids is 1. The first-order chi connectivity index (χ1) is 7.23. The summed E-state index contributed by atoms with van der Waals surface area (Å²) < 4.78 is 13.7. The Labute approximate surface area is 94.4 Å². The molecule has 16 heavy (non-hydrogen) atoms. The van der Waals surface area contributed by atoms with Crippen molar-refractivity contribution in [1.29, 1.82) is 0 Å². The molecule has 0 aliphatic carbocycles. The molecule has 1 N–H and O–H groups in total. The Hall–Kier alpha value is -1.13. The minimum Gasteiger partial charge on any atom is -0.479 e. The normalized spacial score (nSPS) is 25.9. The van der Waals surface area contributed by atoms with Gasteiger partial charge in [-0.1, -0.05) is 20.8 Å². The third-order valence-electron chi connectivity index (χ3n) is 3.35. The molecule has 1 heterocycles. The number of aliphatic carboxylic acids is 1. The fraction of sp³-hybridized carbons (Fsp3) is 0.818. The molecule has 1 atom stereocenters. The van der Waals surface area contributed by atoms with Gasteiger partial charge in [-0.15, -0.1) is 0 Å². The zero-order valence-electron chi connectivity index (χ0n) is 9.92.